The predicted molar refractivity (Wildman–Crippen MR) is 178 cm³/mol. The van der Waals surface area contributed by atoms with Crippen LogP contribution in [-0.4, -0.2) is 67.7 Å². The molecule has 0 unspecified atom stereocenters. The minimum absolute atomic E-state index is 0.0598. The number of allylic oxidation sites excluding steroid dienone is 2. The Labute approximate surface area is 277 Å². The maximum atomic E-state index is 14.7. The van der Waals surface area contributed by atoms with Crippen molar-refractivity contribution in [3.05, 3.63) is 11.6 Å². The second kappa shape index (κ2) is 11.4. The first-order valence-electron chi connectivity index (χ1n) is 18.3. The SMILES string of the molecule is CC(=O)O[C@@H]1CC[C@]2(C)[C@H](CC[C@]3(C)[C@@H]2C(=O)C=C2[C@@H]4C[C@](C)(C(=O)O[C@H](C)CN5CCOCC5)CC[C@@]4(C)CC[C@@]23C)C1(C)C. The fraction of sp³-hybridized carbons (Fsp3) is 0.872. The van der Waals surface area contributed by atoms with Crippen LogP contribution in [0.3, 0.4) is 0 Å². The maximum absolute atomic E-state index is 14.7. The number of rotatable bonds is 5. The normalized spacial score (nSPS) is 46.0. The van der Waals surface area contributed by atoms with Gasteiger partial charge in [0.2, 0.25) is 0 Å². The van der Waals surface area contributed by atoms with E-state index in [2.05, 4.69) is 59.4 Å². The average molecular weight is 640 g/mol. The van der Waals surface area contributed by atoms with Gasteiger partial charge in [-0.3, -0.25) is 19.3 Å². The first kappa shape index (κ1) is 34.1. The van der Waals surface area contributed by atoms with E-state index in [-0.39, 0.29) is 63.1 Å². The highest BCUT2D eigenvalue weighted by molar-refractivity contribution is 5.95. The lowest BCUT2D eigenvalue weighted by Gasteiger charge is -2.70. The molecule has 258 valence electrons. The van der Waals surface area contributed by atoms with Gasteiger partial charge in [-0.1, -0.05) is 47.1 Å². The van der Waals surface area contributed by atoms with Crippen molar-refractivity contribution in [1.29, 1.82) is 0 Å². The van der Waals surface area contributed by atoms with Crippen LogP contribution in [0, 0.1) is 50.2 Å². The van der Waals surface area contributed by atoms with E-state index in [0.29, 0.717) is 11.7 Å². The van der Waals surface area contributed by atoms with Gasteiger partial charge < -0.3 is 14.2 Å². The van der Waals surface area contributed by atoms with E-state index in [4.69, 9.17) is 14.2 Å². The van der Waals surface area contributed by atoms with E-state index in [1.54, 1.807) is 0 Å². The van der Waals surface area contributed by atoms with Gasteiger partial charge in [0, 0.05) is 37.9 Å². The highest BCUT2D eigenvalue weighted by Gasteiger charge is 2.70. The van der Waals surface area contributed by atoms with E-state index in [1.165, 1.54) is 12.5 Å². The van der Waals surface area contributed by atoms with Crippen molar-refractivity contribution < 1.29 is 28.6 Å². The van der Waals surface area contributed by atoms with Crippen LogP contribution in [0.15, 0.2) is 11.6 Å². The highest BCUT2D eigenvalue weighted by Crippen LogP contribution is 2.75. The monoisotopic (exact) mass is 639 g/mol. The molecular formula is C39H61NO6. The molecule has 1 aliphatic heterocycles. The van der Waals surface area contributed by atoms with Gasteiger partial charge in [0.15, 0.2) is 5.78 Å². The summed E-state index contributed by atoms with van der Waals surface area (Å²) in [6.45, 7) is 23.8. The van der Waals surface area contributed by atoms with Crippen LogP contribution >= 0.6 is 0 Å². The molecule has 0 aromatic rings. The summed E-state index contributed by atoms with van der Waals surface area (Å²) in [6, 6.07) is 0. The molecule has 0 radical (unpaired) electrons. The summed E-state index contributed by atoms with van der Waals surface area (Å²) in [5, 5.41) is 0. The molecule has 0 bridgehead atoms. The molecule has 1 saturated heterocycles. The Hall–Kier alpha value is -1.73. The number of ketones is 1. The Morgan fingerprint density at radius 2 is 1.63 bits per heavy atom. The lowest BCUT2D eigenvalue weighted by Crippen LogP contribution is -2.66. The minimum atomic E-state index is -0.563. The van der Waals surface area contributed by atoms with E-state index in [1.807, 2.05) is 6.92 Å². The first-order valence-corrected chi connectivity index (χ1v) is 18.3. The summed E-state index contributed by atoms with van der Waals surface area (Å²) < 4.78 is 17.6. The molecule has 0 aromatic carbocycles. The Bertz CT molecular complexity index is 1280. The van der Waals surface area contributed by atoms with Crippen LogP contribution < -0.4 is 0 Å². The molecular weight excluding hydrogens is 578 g/mol. The van der Waals surface area contributed by atoms with Gasteiger partial charge in [-0.2, -0.15) is 0 Å². The van der Waals surface area contributed by atoms with Crippen molar-refractivity contribution in [3.8, 4) is 0 Å². The van der Waals surface area contributed by atoms with Crippen molar-refractivity contribution in [3.63, 3.8) is 0 Å². The summed E-state index contributed by atoms with van der Waals surface area (Å²) >= 11 is 0. The molecule has 46 heavy (non-hydrogen) atoms. The zero-order valence-electron chi connectivity index (χ0n) is 30.3. The predicted octanol–water partition coefficient (Wildman–Crippen LogP) is 7.16. The van der Waals surface area contributed by atoms with Crippen molar-refractivity contribution in [2.24, 2.45) is 50.2 Å². The van der Waals surface area contributed by atoms with Crippen LogP contribution in [0.4, 0.5) is 0 Å². The molecule has 7 heteroatoms. The van der Waals surface area contributed by atoms with Crippen LogP contribution in [0.1, 0.15) is 120 Å². The Morgan fingerprint density at radius 3 is 2.30 bits per heavy atom. The number of carbonyl (C=O) groups excluding carboxylic acids is 3. The maximum Gasteiger partial charge on any atom is 0.312 e. The number of nitrogens with zero attached hydrogens (tertiary/aromatic N) is 1. The molecule has 6 rings (SSSR count). The van der Waals surface area contributed by atoms with Gasteiger partial charge in [-0.25, -0.2) is 0 Å². The lowest BCUT2D eigenvalue weighted by atomic mass is 9.33. The molecule has 4 saturated carbocycles. The first-order chi connectivity index (χ1) is 21.4. The van der Waals surface area contributed by atoms with Gasteiger partial charge in [0.25, 0.3) is 0 Å². The quantitative estimate of drug-likeness (QED) is 0.295. The van der Waals surface area contributed by atoms with E-state index in [9.17, 15) is 14.4 Å². The number of carbonyl (C=O) groups is 3. The topological polar surface area (TPSA) is 82.1 Å². The second-order valence-electron chi connectivity index (χ2n) is 18.3. The summed E-state index contributed by atoms with van der Waals surface area (Å²) in [4.78, 5) is 43.0. The second-order valence-corrected chi connectivity index (χ2v) is 18.3. The summed E-state index contributed by atoms with van der Waals surface area (Å²) in [5.74, 6) is 0.443. The number of esters is 2. The van der Waals surface area contributed by atoms with Crippen LogP contribution in [0.2, 0.25) is 0 Å². The van der Waals surface area contributed by atoms with Gasteiger partial charge in [-0.05, 0) is 111 Å². The Kier molecular flexibility index (Phi) is 8.48. The minimum Gasteiger partial charge on any atom is -0.462 e. The van der Waals surface area contributed by atoms with E-state index < -0.39 is 5.41 Å². The number of ether oxygens (including phenoxy) is 3. The van der Waals surface area contributed by atoms with Gasteiger partial charge in [0.05, 0.1) is 18.6 Å². The van der Waals surface area contributed by atoms with Crippen molar-refractivity contribution in [1.82, 2.24) is 4.90 Å². The molecule has 1 heterocycles. The average Bonchev–Trinajstić information content (AvgIpc) is 2.97. The molecule has 0 amide bonds. The smallest absolute Gasteiger partial charge is 0.312 e. The molecule has 6 aliphatic rings. The number of hydrogen-bond acceptors (Lipinski definition) is 7. The molecule has 0 aromatic heterocycles. The largest absolute Gasteiger partial charge is 0.462 e. The van der Waals surface area contributed by atoms with Gasteiger partial charge in [-0.15, -0.1) is 0 Å². The fourth-order valence-corrected chi connectivity index (χ4v) is 12.3. The summed E-state index contributed by atoms with van der Waals surface area (Å²) in [5.41, 5.74) is 0.224. The third-order valence-electron chi connectivity index (χ3n) is 15.2. The Morgan fingerprint density at radius 1 is 0.957 bits per heavy atom. The highest BCUT2D eigenvalue weighted by atomic mass is 16.5. The van der Waals surface area contributed by atoms with E-state index in [0.717, 1.165) is 90.6 Å². The molecule has 0 spiro atoms. The number of fused-ring (bicyclic) bond motifs is 7. The molecule has 7 nitrogen and oxygen atoms in total. The number of morpholine rings is 1. The van der Waals surface area contributed by atoms with Crippen LogP contribution in [-0.2, 0) is 28.6 Å². The molecule has 5 fully saturated rings. The van der Waals surface area contributed by atoms with Crippen molar-refractivity contribution >= 4 is 17.7 Å². The van der Waals surface area contributed by atoms with Crippen molar-refractivity contribution in [2.75, 3.05) is 32.8 Å². The fourth-order valence-electron chi connectivity index (χ4n) is 12.3. The molecule has 10 atom stereocenters. The van der Waals surface area contributed by atoms with Crippen LogP contribution in [0.5, 0.6) is 0 Å². The third kappa shape index (κ3) is 5.15. The molecule has 5 aliphatic carbocycles. The standard InChI is InChI=1S/C39H61NO6/c1-25(24-40-18-20-44-21-19-40)45-33(43)36(6)15-14-35(5)16-17-38(8)27(28(35)23-36)22-29(42)32-37(7)12-11-31(46-26(2)41)34(3,4)30(37)10-13-39(32,38)9/h22,25,28,30-32H,10-21,23-24H2,1-9H3/t25-,28+,30-,31-,32-,35+,36-,37-,38+,39-/m1/s1. The van der Waals surface area contributed by atoms with E-state index >= 15 is 0 Å². The number of hydrogen-bond donors (Lipinski definition) is 0. The lowest BCUT2D eigenvalue weighted by molar-refractivity contribution is -0.210. The summed E-state index contributed by atoms with van der Waals surface area (Å²) in [7, 11) is 0. The van der Waals surface area contributed by atoms with Crippen LogP contribution in [0.25, 0.3) is 0 Å². The summed E-state index contributed by atoms with van der Waals surface area (Å²) in [6.07, 6.45) is 10.3. The zero-order chi connectivity index (χ0) is 33.5. The van der Waals surface area contributed by atoms with Crippen molar-refractivity contribution in [2.45, 2.75) is 132 Å². The zero-order valence-corrected chi connectivity index (χ0v) is 30.3. The molecule has 0 N–H and O–H groups in total. The van der Waals surface area contributed by atoms with Gasteiger partial charge in [0.1, 0.15) is 12.2 Å². The third-order valence-corrected chi connectivity index (χ3v) is 15.2. The Balaban J connectivity index is 1.28. The van der Waals surface area contributed by atoms with Gasteiger partial charge >= 0.3 is 11.9 Å².